The molecule has 5 amide bonds. The van der Waals surface area contributed by atoms with Crippen molar-refractivity contribution < 1.29 is 41.9 Å². The van der Waals surface area contributed by atoms with E-state index in [1.807, 2.05) is 41.8 Å². The Morgan fingerprint density at radius 2 is 1.84 bits per heavy atom. The van der Waals surface area contributed by atoms with Gasteiger partial charge in [0.2, 0.25) is 33.6 Å². The summed E-state index contributed by atoms with van der Waals surface area (Å²) in [6.07, 6.45) is 6.25. The van der Waals surface area contributed by atoms with Gasteiger partial charge < -0.3 is 30.3 Å². The number of alkyl carbamates (subject to hydrolysis) is 1. The molecule has 56 heavy (non-hydrogen) atoms. The van der Waals surface area contributed by atoms with Gasteiger partial charge in [0.1, 0.15) is 29.8 Å². The van der Waals surface area contributed by atoms with E-state index in [1.54, 1.807) is 17.5 Å². The number of rotatable bonds is 15. The van der Waals surface area contributed by atoms with Gasteiger partial charge >= 0.3 is 6.09 Å². The fourth-order valence-electron chi connectivity index (χ4n) is 7.39. The number of carbonyl (C=O) groups is 5. The van der Waals surface area contributed by atoms with Gasteiger partial charge in [-0.15, -0.1) is 17.9 Å². The molecule has 2 aromatic heterocycles. The van der Waals surface area contributed by atoms with E-state index >= 15 is 0 Å². The van der Waals surface area contributed by atoms with E-state index in [0.717, 1.165) is 34.7 Å². The van der Waals surface area contributed by atoms with Crippen LogP contribution in [0.3, 0.4) is 0 Å². The van der Waals surface area contributed by atoms with Gasteiger partial charge in [-0.25, -0.2) is 18.2 Å². The average molecular weight is 805 g/mol. The van der Waals surface area contributed by atoms with Crippen molar-refractivity contribution in [3.63, 3.8) is 0 Å². The average Bonchev–Trinajstić information content (AvgIpc) is 3.94. The monoisotopic (exact) mass is 804 g/mol. The van der Waals surface area contributed by atoms with Crippen LogP contribution < -0.4 is 25.4 Å². The molecule has 4 aliphatic rings. The highest BCUT2D eigenvalue weighted by Crippen LogP contribution is 2.45. The van der Waals surface area contributed by atoms with Crippen molar-refractivity contribution in [3.8, 4) is 16.3 Å². The lowest BCUT2D eigenvalue weighted by molar-refractivity contribution is -0.141. The Hall–Kier alpha value is -5.29. The standard InChI is InChI=1S/C39H44N6O9S2/c1-3-25-20-39(25,37(49)44-56(51,52)28-13-14-28)43-34(47)31-19-27(53-35-29-18-24(32-10-7-17-55-32)12-11-23(29)15-16-40-35)22-45(31)36(48)30(21-41-33(46)4-2)42-38(50)54-26-8-5-6-9-26/h3-4,7,10-12,15-18,25-28,30-31H,1-2,5-6,8-9,13-14,19-22H2,(H,41,46)(H,42,50)(H,43,47)(H,44,49)/t25?,27-,30+,31+,39-/m1/s1. The molecule has 0 radical (unpaired) electrons. The highest BCUT2D eigenvalue weighted by molar-refractivity contribution is 7.91. The van der Waals surface area contributed by atoms with E-state index in [0.29, 0.717) is 31.1 Å². The molecular weight excluding hydrogens is 761 g/mol. The molecule has 17 heteroatoms. The van der Waals surface area contributed by atoms with Gasteiger partial charge in [0.05, 0.1) is 11.8 Å². The molecule has 3 heterocycles. The second-order valence-corrected chi connectivity index (χ2v) is 17.6. The zero-order valence-electron chi connectivity index (χ0n) is 30.6. The number of benzene rings is 1. The number of hydrogen-bond donors (Lipinski definition) is 4. The smallest absolute Gasteiger partial charge is 0.408 e. The number of amides is 5. The van der Waals surface area contributed by atoms with Crippen LogP contribution in [0.25, 0.3) is 21.2 Å². The SMILES string of the molecule is C=CC(=O)NC[C@H](NC(=O)OC1CCCC1)C(=O)N1C[C@H](Oc2nccc3ccc(-c4cccs4)cc23)C[C@H]1C(=O)N[C@]1(C(=O)NS(=O)(=O)C2CC2)CC1C=C. The minimum absolute atomic E-state index is 0.0463. The van der Waals surface area contributed by atoms with Gasteiger partial charge in [0.25, 0.3) is 5.91 Å². The second kappa shape index (κ2) is 16.1. The molecule has 3 aromatic rings. The Balaban J connectivity index is 1.17. The Morgan fingerprint density at radius 3 is 2.52 bits per heavy atom. The van der Waals surface area contributed by atoms with E-state index < -0.39 is 74.6 Å². The number of likely N-dealkylation sites (tertiary alicyclic amines) is 1. The highest BCUT2D eigenvalue weighted by atomic mass is 32.2. The quantitative estimate of drug-likeness (QED) is 0.130. The topological polar surface area (TPSA) is 202 Å². The molecule has 4 fully saturated rings. The Morgan fingerprint density at radius 1 is 1.05 bits per heavy atom. The number of thiophene rings is 1. The molecule has 5 atom stereocenters. The van der Waals surface area contributed by atoms with Gasteiger partial charge in [-0.1, -0.05) is 30.9 Å². The Bertz CT molecular complexity index is 2150. The predicted molar refractivity (Wildman–Crippen MR) is 208 cm³/mol. The molecule has 1 aliphatic heterocycles. The predicted octanol–water partition coefficient (Wildman–Crippen LogP) is 3.32. The van der Waals surface area contributed by atoms with Crippen molar-refractivity contribution in [2.45, 2.75) is 86.4 Å². The third-order valence-electron chi connectivity index (χ3n) is 10.7. The zero-order chi connectivity index (χ0) is 39.6. The molecule has 1 aromatic carbocycles. The normalized spacial score (nSPS) is 23.8. The number of nitrogens with one attached hydrogen (secondary N) is 4. The van der Waals surface area contributed by atoms with Gasteiger partial charge in [-0.05, 0) is 85.6 Å². The maximum atomic E-state index is 14.5. The van der Waals surface area contributed by atoms with Crippen LogP contribution >= 0.6 is 11.3 Å². The summed E-state index contributed by atoms with van der Waals surface area (Å²) < 4.78 is 39.6. The lowest BCUT2D eigenvalue weighted by Crippen LogP contribution is -2.59. The summed E-state index contributed by atoms with van der Waals surface area (Å²) in [6, 6.07) is 9.11. The molecule has 15 nitrogen and oxygen atoms in total. The largest absolute Gasteiger partial charge is 0.472 e. The van der Waals surface area contributed by atoms with Gasteiger partial charge in [0, 0.05) is 35.3 Å². The number of carbonyl (C=O) groups excluding carboxylic acids is 5. The first kappa shape index (κ1) is 39.0. The molecule has 1 saturated heterocycles. The van der Waals surface area contributed by atoms with Crippen LogP contribution in [-0.4, -0.2) is 96.2 Å². The highest BCUT2D eigenvalue weighted by Gasteiger charge is 2.62. The van der Waals surface area contributed by atoms with Crippen molar-refractivity contribution in [2.75, 3.05) is 13.1 Å². The summed E-state index contributed by atoms with van der Waals surface area (Å²) in [4.78, 5) is 74.4. The first-order valence-electron chi connectivity index (χ1n) is 18.7. The maximum absolute atomic E-state index is 14.5. The number of nitrogens with zero attached hydrogens (tertiary/aromatic N) is 2. The van der Waals surface area contributed by atoms with Gasteiger partial charge in [0.15, 0.2) is 0 Å². The first-order valence-corrected chi connectivity index (χ1v) is 21.1. The van der Waals surface area contributed by atoms with Crippen LogP contribution in [0.15, 0.2) is 73.3 Å². The van der Waals surface area contributed by atoms with E-state index in [9.17, 15) is 32.4 Å². The molecule has 0 bridgehead atoms. The first-order chi connectivity index (χ1) is 26.9. The minimum Gasteiger partial charge on any atom is -0.472 e. The lowest BCUT2D eigenvalue weighted by atomic mass is 10.1. The fourth-order valence-corrected chi connectivity index (χ4v) is 9.48. The number of pyridine rings is 1. The van der Waals surface area contributed by atoms with E-state index in [-0.39, 0.29) is 37.9 Å². The van der Waals surface area contributed by atoms with Crippen LogP contribution in [0.1, 0.15) is 51.4 Å². The van der Waals surface area contributed by atoms with Crippen molar-refractivity contribution in [1.82, 2.24) is 30.6 Å². The van der Waals surface area contributed by atoms with Crippen molar-refractivity contribution in [1.29, 1.82) is 0 Å². The van der Waals surface area contributed by atoms with Crippen LogP contribution in [0, 0.1) is 5.92 Å². The molecule has 0 spiro atoms. The maximum Gasteiger partial charge on any atom is 0.408 e. The minimum atomic E-state index is -3.94. The fraction of sp³-hybridized carbons (Fsp3) is 0.436. The number of fused-ring (bicyclic) bond motifs is 1. The van der Waals surface area contributed by atoms with Crippen LogP contribution in [0.5, 0.6) is 5.88 Å². The van der Waals surface area contributed by atoms with Crippen molar-refractivity contribution in [3.05, 3.63) is 73.3 Å². The molecule has 7 rings (SSSR count). The second-order valence-electron chi connectivity index (χ2n) is 14.7. The van der Waals surface area contributed by atoms with Crippen molar-refractivity contribution >= 4 is 61.9 Å². The third-order valence-corrected chi connectivity index (χ3v) is 13.5. The van der Waals surface area contributed by atoms with Gasteiger partial charge in [-0.2, -0.15) is 0 Å². The van der Waals surface area contributed by atoms with Crippen molar-refractivity contribution in [2.24, 2.45) is 5.92 Å². The van der Waals surface area contributed by atoms with Crippen LogP contribution in [0.2, 0.25) is 0 Å². The summed E-state index contributed by atoms with van der Waals surface area (Å²) in [5, 5.41) is 10.8. The number of sulfonamides is 1. The number of aromatic nitrogens is 1. The van der Waals surface area contributed by atoms with E-state index in [1.165, 1.54) is 11.0 Å². The Labute approximate surface area is 328 Å². The summed E-state index contributed by atoms with van der Waals surface area (Å²) in [7, 11) is -3.94. The van der Waals surface area contributed by atoms with E-state index in [4.69, 9.17) is 9.47 Å². The molecule has 3 saturated carbocycles. The lowest BCUT2D eigenvalue weighted by Gasteiger charge is -2.30. The van der Waals surface area contributed by atoms with E-state index in [2.05, 4.69) is 38.8 Å². The number of ether oxygens (including phenoxy) is 2. The molecular formula is C39H44N6O9S2. The molecule has 1 unspecified atom stereocenters. The summed E-state index contributed by atoms with van der Waals surface area (Å²) >= 11 is 1.58. The zero-order valence-corrected chi connectivity index (χ0v) is 32.2. The molecule has 4 N–H and O–H groups in total. The third kappa shape index (κ3) is 8.43. The van der Waals surface area contributed by atoms with Gasteiger partial charge in [-0.3, -0.25) is 23.9 Å². The van der Waals surface area contributed by atoms with Crippen LogP contribution in [0.4, 0.5) is 4.79 Å². The summed E-state index contributed by atoms with van der Waals surface area (Å²) in [5.74, 6) is -3.21. The summed E-state index contributed by atoms with van der Waals surface area (Å²) in [6.45, 7) is 6.73. The molecule has 296 valence electrons. The Kier molecular flexibility index (Phi) is 11.2. The molecule has 3 aliphatic carbocycles. The summed E-state index contributed by atoms with van der Waals surface area (Å²) in [5.41, 5.74) is -0.649. The number of hydrogen-bond acceptors (Lipinski definition) is 11. The van der Waals surface area contributed by atoms with Crippen LogP contribution in [-0.2, 0) is 33.9 Å².